The summed E-state index contributed by atoms with van der Waals surface area (Å²) < 4.78 is 0. The van der Waals surface area contributed by atoms with E-state index >= 15 is 0 Å². The molecule has 1 amide bonds. The predicted molar refractivity (Wildman–Crippen MR) is 146 cm³/mol. The van der Waals surface area contributed by atoms with E-state index in [0.29, 0.717) is 13.5 Å². The molecule has 0 spiro atoms. The fraction of sp³-hybridized carbons (Fsp3) is 0.893. The third-order valence-corrected chi connectivity index (χ3v) is 8.75. The number of rotatable bonds is 22. The van der Waals surface area contributed by atoms with Gasteiger partial charge in [-0.15, -0.1) is 7.92 Å². The molecule has 0 aromatic rings. The summed E-state index contributed by atoms with van der Waals surface area (Å²) in [5.74, 6) is -0.435. The lowest BCUT2D eigenvalue weighted by Crippen LogP contribution is -2.10. The molecule has 0 aromatic heterocycles. The lowest BCUT2D eigenvalue weighted by atomic mass is 10.1. The number of carbonyl (C=O) groups is 1. The van der Waals surface area contributed by atoms with E-state index in [0.717, 1.165) is 0 Å². The van der Waals surface area contributed by atoms with E-state index in [2.05, 4.69) is 27.4 Å². The van der Waals surface area contributed by atoms with Gasteiger partial charge in [-0.25, -0.2) is 0 Å². The minimum Gasteiger partial charge on any atom is -0.366 e. The summed E-state index contributed by atoms with van der Waals surface area (Å²) in [5.41, 5.74) is 5.09. The Labute approximate surface area is 198 Å². The van der Waals surface area contributed by atoms with E-state index < -0.39 is 5.91 Å². The summed E-state index contributed by atoms with van der Waals surface area (Å²) in [4.78, 5) is 9.82. The second kappa shape index (κ2) is 27.7. The molecule has 0 fully saturated rings. The molecule has 2 N–H and O–H groups in total. The molecule has 0 atom stereocenters. The highest BCUT2D eigenvalue weighted by molar-refractivity contribution is 7.57. The van der Waals surface area contributed by atoms with Crippen LogP contribution in [-0.4, -0.2) is 24.4 Å². The highest BCUT2D eigenvalue weighted by Gasteiger charge is 2.07. The Morgan fingerprint density at radius 3 is 1.03 bits per heavy atom. The molecule has 0 aliphatic carbocycles. The van der Waals surface area contributed by atoms with E-state index in [4.69, 9.17) is 5.73 Å². The standard InChI is InChI=1S/C24H51P.C4H7NO/c1-4-7-10-13-16-19-22-25(23-20-17-14-11-8-5-2)24-21-18-15-12-9-6-3;1-3(2)4(5)6/h4-24H2,1-3H3;1H2,2H3,(H2,5,6). The summed E-state index contributed by atoms with van der Waals surface area (Å²) >= 11 is 0. The van der Waals surface area contributed by atoms with Crippen molar-refractivity contribution in [1.82, 2.24) is 0 Å². The number of unbranched alkanes of at least 4 members (excludes halogenated alkanes) is 15. The van der Waals surface area contributed by atoms with Gasteiger partial charge in [-0.05, 0) is 44.7 Å². The van der Waals surface area contributed by atoms with E-state index in [1.807, 2.05) is 0 Å². The van der Waals surface area contributed by atoms with Crippen LogP contribution in [0.1, 0.15) is 143 Å². The lowest BCUT2D eigenvalue weighted by Gasteiger charge is -2.18. The summed E-state index contributed by atoms with van der Waals surface area (Å²) in [6.07, 6.45) is 31.2. The summed E-state index contributed by atoms with van der Waals surface area (Å²) in [7, 11) is 0.366. The van der Waals surface area contributed by atoms with Gasteiger partial charge in [0, 0.05) is 5.57 Å². The number of amides is 1. The molecule has 3 heteroatoms. The zero-order valence-corrected chi connectivity index (χ0v) is 22.9. The van der Waals surface area contributed by atoms with Crippen LogP contribution in [0.3, 0.4) is 0 Å². The summed E-state index contributed by atoms with van der Waals surface area (Å²) in [6.45, 7) is 11.8. The zero-order valence-electron chi connectivity index (χ0n) is 22.0. The first kappa shape index (κ1) is 32.8. The Morgan fingerprint density at radius 1 is 0.581 bits per heavy atom. The van der Waals surface area contributed by atoms with Gasteiger partial charge in [-0.3, -0.25) is 4.79 Å². The maximum Gasteiger partial charge on any atom is 0.243 e. The van der Waals surface area contributed by atoms with Crippen LogP contribution in [0.25, 0.3) is 0 Å². The Balaban J connectivity index is 0. The highest BCUT2D eigenvalue weighted by atomic mass is 31.1. The second-order valence-corrected chi connectivity index (χ2v) is 12.0. The minimum absolute atomic E-state index is 0.366. The summed E-state index contributed by atoms with van der Waals surface area (Å²) in [5, 5.41) is 0. The number of hydrogen-bond acceptors (Lipinski definition) is 1. The van der Waals surface area contributed by atoms with Crippen molar-refractivity contribution < 1.29 is 4.79 Å². The topological polar surface area (TPSA) is 43.1 Å². The molecule has 0 aromatic carbocycles. The van der Waals surface area contributed by atoms with Crippen molar-refractivity contribution in [3.8, 4) is 0 Å². The molecule has 0 saturated heterocycles. The second-order valence-electron chi connectivity index (χ2n) is 9.29. The molecule has 0 unspecified atom stereocenters. The molecule has 0 saturated carbocycles. The third-order valence-electron chi connectivity index (χ3n) is 5.90. The van der Waals surface area contributed by atoms with Gasteiger partial charge in [0.05, 0.1) is 0 Å². The first-order valence-electron chi connectivity index (χ1n) is 13.7. The maximum atomic E-state index is 9.82. The normalized spacial score (nSPS) is 10.7. The van der Waals surface area contributed by atoms with E-state index in [1.165, 1.54) is 116 Å². The van der Waals surface area contributed by atoms with Gasteiger partial charge in [0.2, 0.25) is 5.91 Å². The van der Waals surface area contributed by atoms with E-state index in [1.54, 1.807) is 25.4 Å². The predicted octanol–water partition coefficient (Wildman–Crippen LogP) is 9.60. The molecule has 0 rings (SSSR count). The quantitative estimate of drug-likeness (QED) is 0.0985. The van der Waals surface area contributed by atoms with E-state index in [-0.39, 0.29) is 0 Å². The SMILES string of the molecule is C=C(C)C(N)=O.CCCCCCCCP(CCCCCCCC)CCCCCCCC. The average molecular weight is 456 g/mol. The van der Waals surface area contributed by atoms with Crippen molar-refractivity contribution in [3.63, 3.8) is 0 Å². The molecule has 186 valence electrons. The van der Waals surface area contributed by atoms with Crippen LogP contribution in [0.5, 0.6) is 0 Å². The molecule has 0 radical (unpaired) electrons. The number of primary amides is 1. The van der Waals surface area contributed by atoms with Crippen LogP contribution >= 0.6 is 7.92 Å². The molecule has 31 heavy (non-hydrogen) atoms. The van der Waals surface area contributed by atoms with Crippen molar-refractivity contribution in [2.75, 3.05) is 18.5 Å². The molecular formula is C28H58NOP. The van der Waals surface area contributed by atoms with Crippen molar-refractivity contribution in [1.29, 1.82) is 0 Å². The Morgan fingerprint density at radius 2 is 0.806 bits per heavy atom. The smallest absolute Gasteiger partial charge is 0.243 e. The number of carbonyl (C=O) groups excluding carboxylic acids is 1. The Kier molecular flexibility index (Phi) is 29.3. The number of nitrogens with two attached hydrogens (primary N) is 1. The third kappa shape index (κ3) is 29.6. The van der Waals surface area contributed by atoms with Gasteiger partial charge in [-0.1, -0.05) is 124 Å². The first-order valence-corrected chi connectivity index (χ1v) is 15.6. The average Bonchev–Trinajstić information content (AvgIpc) is 2.75. The van der Waals surface area contributed by atoms with Crippen molar-refractivity contribution >= 4 is 13.8 Å². The fourth-order valence-corrected chi connectivity index (χ4v) is 6.37. The zero-order chi connectivity index (χ0) is 23.6. The fourth-order valence-electron chi connectivity index (χ4n) is 3.68. The Hall–Kier alpha value is -0.360. The molecular weight excluding hydrogens is 397 g/mol. The van der Waals surface area contributed by atoms with Crippen LogP contribution in [0.2, 0.25) is 0 Å². The van der Waals surface area contributed by atoms with Gasteiger partial charge in [0.1, 0.15) is 0 Å². The lowest BCUT2D eigenvalue weighted by molar-refractivity contribution is -0.114. The number of hydrogen-bond donors (Lipinski definition) is 1. The van der Waals surface area contributed by atoms with Crippen molar-refractivity contribution in [3.05, 3.63) is 12.2 Å². The minimum atomic E-state index is -0.435. The molecule has 2 nitrogen and oxygen atoms in total. The highest BCUT2D eigenvalue weighted by Crippen LogP contribution is 2.39. The molecule has 0 bridgehead atoms. The molecule has 0 heterocycles. The largest absolute Gasteiger partial charge is 0.366 e. The van der Waals surface area contributed by atoms with Gasteiger partial charge < -0.3 is 5.73 Å². The summed E-state index contributed by atoms with van der Waals surface area (Å²) in [6, 6.07) is 0. The van der Waals surface area contributed by atoms with Gasteiger partial charge in [0.25, 0.3) is 0 Å². The Bertz CT molecular complexity index is 333. The molecule has 0 aliphatic rings. The van der Waals surface area contributed by atoms with Crippen LogP contribution in [0, 0.1) is 0 Å². The van der Waals surface area contributed by atoms with Crippen LogP contribution < -0.4 is 5.73 Å². The van der Waals surface area contributed by atoms with Crippen LogP contribution in [0.4, 0.5) is 0 Å². The van der Waals surface area contributed by atoms with Crippen LogP contribution in [0.15, 0.2) is 12.2 Å². The van der Waals surface area contributed by atoms with Gasteiger partial charge in [0.15, 0.2) is 0 Å². The van der Waals surface area contributed by atoms with Crippen LogP contribution in [-0.2, 0) is 4.79 Å². The monoisotopic (exact) mass is 455 g/mol. The molecule has 0 aliphatic heterocycles. The first-order chi connectivity index (χ1) is 15.0. The van der Waals surface area contributed by atoms with Gasteiger partial charge in [-0.2, -0.15) is 0 Å². The van der Waals surface area contributed by atoms with Crippen molar-refractivity contribution in [2.24, 2.45) is 5.73 Å². The van der Waals surface area contributed by atoms with E-state index in [9.17, 15) is 4.79 Å². The van der Waals surface area contributed by atoms with Crippen molar-refractivity contribution in [2.45, 2.75) is 143 Å². The maximum absolute atomic E-state index is 9.82. The van der Waals surface area contributed by atoms with Gasteiger partial charge >= 0.3 is 0 Å².